The third-order valence-electron chi connectivity index (χ3n) is 3.26. The molecule has 0 aliphatic carbocycles. The average Bonchev–Trinajstić information content (AvgIpc) is 2.30. The molecule has 1 aromatic rings. The molecule has 0 unspecified atom stereocenters. The maximum atomic E-state index is 12.2. The van der Waals surface area contributed by atoms with Crippen LogP contribution in [0.25, 0.3) is 0 Å². The number of aromatic nitrogens is 2. The molecule has 2 rings (SSSR count). The Kier molecular flexibility index (Phi) is 3.50. The molecule has 0 fully saturated rings. The summed E-state index contributed by atoms with van der Waals surface area (Å²) in [6.45, 7) is 6.75. The third kappa shape index (κ3) is 2.17. The lowest BCUT2D eigenvalue weighted by Gasteiger charge is -2.27. The summed E-state index contributed by atoms with van der Waals surface area (Å²) in [7, 11) is 0. The van der Waals surface area contributed by atoms with Gasteiger partial charge >= 0.3 is 5.97 Å². The number of esters is 1. The van der Waals surface area contributed by atoms with Crippen molar-refractivity contribution in [1.29, 1.82) is 0 Å². The highest BCUT2D eigenvalue weighted by Gasteiger charge is 2.26. The summed E-state index contributed by atoms with van der Waals surface area (Å²) in [5.74, 6) is 0.851. The number of rotatable bonds is 2. The number of hydrogen-bond donors (Lipinski definition) is 0. The molecule has 0 saturated heterocycles. The molecule has 0 radical (unpaired) electrons. The normalized spacial score (nSPS) is 22.4. The van der Waals surface area contributed by atoms with Gasteiger partial charge in [0.05, 0.1) is 6.61 Å². The summed E-state index contributed by atoms with van der Waals surface area (Å²) >= 11 is 0. The van der Waals surface area contributed by atoms with E-state index >= 15 is 0 Å². The van der Waals surface area contributed by atoms with Gasteiger partial charge in [-0.25, -0.2) is 9.78 Å². The molecule has 1 aromatic heterocycles. The standard InChI is InChI=1S/C13H18N2O3/c1-4-18-13(17)10-6-14-11-9(3)5-8(2)7-15(11)12(10)16/h6,8-9H,4-5,7H2,1-3H3/t8-,9-/m0/s1. The second-order valence-electron chi connectivity index (χ2n) is 4.91. The van der Waals surface area contributed by atoms with E-state index in [9.17, 15) is 9.59 Å². The molecule has 0 aromatic carbocycles. The van der Waals surface area contributed by atoms with Crippen molar-refractivity contribution in [3.63, 3.8) is 0 Å². The topological polar surface area (TPSA) is 61.2 Å². The second-order valence-corrected chi connectivity index (χ2v) is 4.91. The zero-order valence-corrected chi connectivity index (χ0v) is 11.0. The van der Waals surface area contributed by atoms with Crippen LogP contribution in [-0.2, 0) is 11.3 Å². The van der Waals surface area contributed by atoms with E-state index in [4.69, 9.17) is 4.74 Å². The number of fused-ring (bicyclic) bond motifs is 1. The highest BCUT2D eigenvalue weighted by molar-refractivity contribution is 5.88. The fraction of sp³-hybridized carbons (Fsp3) is 0.615. The highest BCUT2D eigenvalue weighted by atomic mass is 16.5. The van der Waals surface area contributed by atoms with Gasteiger partial charge in [-0.15, -0.1) is 0 Å². The second kappa shape index (κ2) is 4.92. The summed E-state index contributed by atoms with van der Waals surface area (Å²) in [5.41, 5.74) is -0.251. The quantitative estimate of drug-likeness (QED) is 0.747. The van der Waals surface area contributed by atoms with Crippen LogP contribution in [0.15, 0.2) is 11.0 Å². The Balaban J connectivity index is 2.47. The van der Waals surface area contributed by atoms with E-state index in [1.807, 2.05) is 0 Å². The molecular formula is C13H18N2O3. The fourth-order valence-electron chi connectivity index (χ4n) is 2.52. The van der Waals surface area contributed by atoms with E-state index in [2.05, 4.69) is 18.8 Å². The van der Waals surface area contributed by atoms with Gasteiger partial charge in [0.2, 0.25) is 0 Å². The summed E-state index contributed by atoms with van der Waals surface area (Å²) in [4.78, 5) is 28.1. The third-order valence-corrected chi connectivity index (χ3v) is 3.26. The Hall–Kier alpha value is -1.65. The zero-order chi connectivity index (χ0) is 13.3. The SMILES string of the molecule is CCOC(=O)c1cnc2n(c1=O)C[C@@H](C)C[C@@H]2C. The number of ether oxygens (including phenoxy) is 1. The van der Waals surface area contributed by atoms with E-state index in [1.165, 1.54) is 6.20 Å². The van der Waals surface area contributed by atoms with E-state index in [-0.39, 0.29) is 23.6 Å². The molecule has 98 valence electrons. The fourth-order valence-corrected chi connectivity index (χ4v) is 2.52. The predicted molar refractivity (Wildman–Crippen MR) is 66.6 cm³/mol. The minimum Gasteiger partial charge on any atom is -0.462 e. The first-order chi connectivity index (χ1) is 8.54. The molecular weight excluding hydrogens is 232 g/mol. The smallest absolute Gasteiger partial charge is 0.345 e. The van der Waals surface area contributed by atoms with E-state index in [0.717, 1.165) is 12.2 Å². The summed E-state index contributed by atoms with van der Waals surface area (Å²) < 4.78 is 6.48. The van der Waals surface area contributed by atoms with Gasteiger partial charge in [-0.2, -0.15) is 0 Å². The van der Waals surface area contributed by atoms with Crippen LogP contribution in [0.5, 0.6) is 0 Å². The van der Waals surface area contributed by atoms with Gasteiger partial charge in [0.25, 0.3) is 5.56 Å². The van der Waals surface area contributed by atoms with E-state index in [0.29, 0.717) is 12.5 Å². The van der Waals surface area contributed by atoms with Crippen LogP contribution in [-0.4, -0.2) is 22.1 Å². The lowest BCUT2D eigenvalue weighted by Crippen LogP contribution is -2.36. The van der Waals surface area contributed by atoms with Crippen molar-refractivity contribution < 1.29 is 9.53 Å². The lowest BCUT2D eigenvalue weighted by atomic mass is 9.92. The molecule has 1 aliphatic heterocycles. The minimum absolute atomic E-state index is 0.0295. The van der Waals surface area contributed by atoms with Crippen molar-refractivity contribution in [3.05, 3.63) is 27.9 Å². The maximum Gasteiger partial charge on any atom is 0.345 e. The van der Waals surface area contributed by atoms with Crippen molar-refractivity contribution in [2.45, 2.75) is 39.7 Å². The van der Waals surface area contributed by atoms with Gasteiger partial charge in [0, 0.05) is 18.7 Å². The number of carbonyl (C=O) groups excluding carboxylic acids is 1. The monoisotopic (exact) mass is 250 g/mol. The Morgan fingerprint density at radius 2 is 2.28 bits per heavy atom. The molecule has 0 saturated carbocycles. The molecule has 2 atom stereocenters. The molecule has 18 heavy (non-hydrogen) atoms. The number of nitrogens with zero attached hydrogens (tertiary/aromatic N) is 2. The van der Waals surface area contributed by atoms with Crippen molar-refractivity contribution in [3.8, 4) is 0 Å². The van der Waals surface area contributed by atoms with Gasteiger partial charge in [0.1, 0.15) is 11.4 Å². The van der Waals surface area contributed by atoms with E-state index in [1.54, 1.807) is 11.5 Å². The van der Waals surface area contributed by atoms with Crippen molar-refractivity contribution in [2.75, 3.05) is 6.61 Å². The first-order valence-electron chi connectivity index (χ1n) is 6.31. The van der Waals surface area contributed by atoms with Crippen LogP contribution in [0.4, 0.5) is 0 Å². The molecule has 0 N–H and O–H groups in total. The van der Waals surface area contributed by atoms with Crippen LogP contribution >= 0.6 is 0 Å². The largest absolute Gasteiger partial charge is 0.462 e. The predicted octanol–water partition coefficient (Wildman–Crippen LogP) is 1.56. The summed E-state index contributed by atoms with van der Waals surface area (Å²) in [6.07, 6.45) is 2.36. The average molecular weight is 250 g/mol. The molecule has 5 nitrogen and oxygen atoms in total. The summed E-state index contributed by atoms with van der Waals surface area (Å²) in [5, 5.41) is 0. The molecule has 1 aliphatic rings. The first-order valence-corrected chi connectivity index (χ1v) is 6.31. The number of carbonyl (C=O) groups is 1. The van der Waals surface area contributed by atoms with Gasteiger partial charge < -0.3 is 4.74 Å². The van der Waals surface area contributed by atoms with Gasteiger partial charge in [-0.3, -0.25) is 9.36 Å². The molecule has 0 spiro atoms. The van der Waals surface area contributed by atoms with Crippen LogP contribution in [0.3, 0.4) is 0 Å². The van der Waals surface area contributed by atoms with Crippen LogP contribution < -0.4 is 5.56 Å². The van der Waals surface area contributed by atoms with Crippen molar-refractivity contribution in [2.24, 2.45) is 5.92 Å². The maximum absolute atomic E-state index is 12.2. The lowest BCUT2D eigenvalue weighted by molar-refractivity contribution is 0.0522. The van der Waals surface area contributed by atoms with Crippen molar-refractivity contribution in [1.82, 2.24) is 9.55 Å². The van der Waals surface area contributed by atoms with Crippen LogP contribution in [0.2, 0.25) is 0 Å². The minimum atomic E-state index is -0.587. The van der Waals surface area contributed by atoms with Crippen molar-refractivity contribution >= 4 is 5.97 Å². The Morgan fingerprint density at radius 1 is 1.56 bits per heavy atom. The van der Waals surface area contributed by atoms with Gasteiger partial charge in [0.15, 0.2) is 0 Å². The molecule has 2 heterocycles. The molecule has 0 bridgehead atoms. The first kappa shape index (κ1) is 12.8. The zero-order valence-electron chi connectivity index (χ0n) is 11.0. The number of hydrogen-bond acceptors (Lipinski definition) is 4. The van der Waals surface area contributed by atoms with Gasteiger partial charge in [-0.1, -0.05) is 13.8 Å². The molecule has 0 amide bonds. The summed E-state index contributed by atoms with van der Waals surface area (Å²) in [6, 6.07) is 0. The molecule has 5 heteroatoms. The van der Waals surface area contributed by atoms with E-state index < -0.39 is 5.97 Å². The van der Waals surface area contributed by atoms with Crippen LogP contribution in [0, 0.1) is 5.92 Å². The Morgan fingerprint density at radius 3 is 2.94 bits per heavy atom. The Labute approximate surface area is 106 Å². The van der Waals surface area contributed by atoms with Gasteiger partial charge in [-0.05, 0) is 19.3 Å². The van der Waals surface area contributed by atoms with Crippen LogP contribution in [0.1, 0.15) is 49.3 Å². The highest BCUT2D eigenvalue weighted by Crippen LogP contribution is 2.27. The Bertz CT molecular complexity index is 521.